The van der Waals surface area contributed by atoms with Gasteiger partial charge in [0.2, 0.25) is 11.7 Å². The minimum absolute atomic E-state index is 0.0443. The quantitative estimate of drug-likeness (QED) is 0.770. The summed E-state index contributed by atoms with van der Waals surface area (Å²) in [6.07, 6.45) is -1.24. The standard InChI is InChI=1S/C21H21F3N4O4/c22-21(23,24)20-26-17(27-32-20)11-5-6-12-8-28(19(30)14(12)7-11)16-4-2-1-3-15(16)25-18(29)13-9-31-10-13/h5-7,13,15-16H,1-4,8-10H2,(H,25,29)/t15?,16-/m1/s1. The highest BCUT2D eigenvalue weighted by atomic mass is 19.4. The first-order valence-electron chi connectivity index (χ1n) is 10.5. The Kier molecular flexibility index (Phi) is 5.15. The minimum Gasteiger partial charge on any atom is -0.380 e. The third-order valence-corrected chi connectivity index (χ3v) is 6.33. The Balaban J connectivity index is 1.35. The van der Waals surface area contributed by atoms with Gasteiger partial charge in [-0.2, -0.15) is 18.2 Å². The van der Waals surface area contributed by atoms with Crippen molar-refractivity contribution >= 4 is 11.8 Å². The highest BCUT2D eigenvalue weighted by molar-refractivity contribution is 5.99. The van der Waals surface area contributed by atoms with Gasteiger partial charge in [-0.15, -0.1) is 0 Å². The van der Waals surface area contributed by atoms with Gasteiger partial charge >= 0.3 is 12.1 Å². The lowest BCUT2D eigenvalue weighted by Crippen LogP contribution is -2.56. The number of carbonyl (C=O) groups excluding carboxylic acids is 2. The molecule has 3 heterocycles. The summed E-state index contributed by atoms with van der Waals surface area (Å²) in [6, 6.07) is 4.51. The monoisotopic (exact) mass is 450 g/mol. The zero-order valence-electron chi connectivity index (χ0n) is 17.0. The largest absolute Gasteiger partial charge is 0.471 e. The zero-order chi connectivity index (χ0) is 22.5. The van der Waals surface area contributed by atoms with E-state index in [2.05, 4.69) is 20.0 Å². The summed E-state index contributed by atoms with van der Waals surface area (Å²) in [7, 11) is 0. The van der Waals surface area contributed by atoms with Gasteiger partial charge in [0.15, 0.2) is 0 Å². The highest BCUT2D eigenvalue weighted by Crippen LogP contribution is 2.34. The molecular weight excluding hydrogens is 429 g/mol. The van der Waals surface area contributed by atoms with E-state index in [1.807, 2.05) is 0 Å². The molecule has 2 aromatic rings. The molecule has 1 unspecified atom stereocenters. The Bertz CT molecular complexity index is 1050. The molecule has 170 valence electrons. The lowest BCUT2D eigenvalue weighted by Gasteiger charge is -2.39. The van der Waals surface area contributed by atoms with Crippen molar-refractivity contribution < 1.29 is 32.0 Å². The molecule has 5 rings (SSSR count). The number of benzene rings is 1. The van der Waals surface area contributed by atoms with Crippen LogP contribution >= 0.6 is 0 Å². The van der Waals surface area contributed by atoms with E-state index in [9.17, 15) is 22.8 Å². The maximum absolute atomic E-state index is 13.2. The maximum Gasteiger partial charge on any atom is 0.471 e. The summed E-state index contributed by atoms with van der Waals surface area (Å²) in [5, 5.41) is 6.50. The van der Waals surface area contributed by atoms with Crippen LogP contribution in [0.3, 0.4) is 0 Å². The van der Waals surface area contributed by atoms with Crippen molar-refractivity contribution in [3.8, 4) is 11.4 Å². The average Bonchev–Trinajstić information content (AvgIpc) is 3.32. The number of hydrogen-bond donors (Lipinski definition) is 1. The molecule has 1 N–H and O–H groups in total. The van der Waals surface area contributed by atoms with Crippen LogP contribution in [0.25, 0.3) is 11.4 Å². The first-order chi connectivity index (χ1) is 15.3. The second-order valence-corrected chi connectivity index (χ2v) is 8.43. The SMILES string of the molecule is O=C(NC1CCCC[C@H]1N1Cc2ccc(-c3noc(C(F)(F)F)n3)cc2C1=O)C1COC1. The predicted molar refractivity (Wildman–Crippen MR) is 103 cm³/mol. The summed E-state index contributed by atoms with van der Waals surface area (Å²) in [4.78, 5) is 30.8. The van der Waals surface area contributed by atoms with Crippen molar-refractivity contribution in [3.05, 3.63) is 35.2 Å². The van der Waals surface area contributed by atoms with Crippen LogP contribution in [-0.2, 0) is 22.3 Å². The van der Waals surface area contributed by atoms with Gasteiger partial charge in [0.1, 0.15) is 0 Å². The molecule has 3 aliphatic rings. The summed E-state index contributed by atoms with van der Waals surface area (Å²) in [6.45, 7) is 1.23. The number of carbonyl (C=O) groups is 2. The van der Waals surface area contributed by atoms with Gasteiger partial charge in [-0.25, -0.2) is 0 Å². The third-order valence-electron chi connectivity index (χ3n) is 6.33. The number of hydrogen-bond acceptors (Lipinski definition) is 6. The molecule has 2 atom stereocenters. The number of nitrogens with one attached hydrogen (secondary N) is 1. The van der Waals surface area contributed by atoms with E-state index in [1.54, 1.807) is 17.0 Å². The van der Waals surface area contributed by atoms with Gasteiger partial charge in [-0.1, -0.05) is 30.1 Å². The fraction of sp³-hybridized carbons (Fsp3) is 0.524. The number of nitrogens with zero attached hydrogens (tertiary/aromatic N) is 3. The van der Waals surface area contributed by atoms with Crippen LogP contribution in [0.15, 0.2) is 22.7 Å². The van der Waals surface area contributed by atoms with Gasteiger partial charge in [0.25, 0.3) is 5.91 Å². The lowest BCUT2D eigenvalue weighted by atomic mass is 9.88. The molecule has 0 spiro atoms. The van der Waals surface area contributed by atoms with E-state index in [4.69, 9.17) is 4.74 Å². The molecular formula is C21H21F3N4O4. The number of rotatable bonds is 4. The topological polar surface area (TPSA) is 97.6 Å². The summed E-state index contributed by atoms with van der Waals surface area (Å²) in [5.41, 5.74) is 1.46. The number of halogens is 3. The summed E-state index contributed by atoms with van der Waals surface area (Å²) in [5.74, 6) is -2.05. The molecule has 2 fully saturated rings. The van der Waals surface area contributed by atoms with Crippen LogP contribution < -0.4 is 5.32 Å². The Hall–Kier alpha value is -2.95. The van der Waals surface area contributed by atoms with E-state index in [0.29, 0.717) is 25.3 Å². The molecule has 2 amide bonds. The predicted octanol–water partition coefficient (Wildman–Crippen LogP) is 2.79. The van der Waals surface area contributed by atoms with Crippen LogP contribution in [0.1, 0.15) is 47.5 Å². The summed E-state index contributed by atoms with van der Waals surface area (Å²) < 4.78 is 47.7. The fourth-order valence-electron chi connectivity index (χ4n) is 4.53. The van der Waals surface area contributed by atoms with E-state index in [-0.39, 0.29) is 41.2 Å². The van der Waals surface area contributed by atoms with E-state index in [1.165, 1.54) is 6.07 Å². The Labute approximate surface area is 181 Å². The van der Waals surface area contributed by atoms with E-state index < -0.39 is 12.1 Å². The number of fused-ring (bicyclic) bond motifs is 1. The molecule has 0 radical (unpaired) electrons. The van der Waals surface area contributed by atoms with Crippen LogP contribution in [0.2, 0.25) is 0 Å². The molecule has 1 saturated heterocycles. The molecule has 0 bridgehead atoms. The van der Waals surface area contributed by atoms with Crippen molar-refractivity contribution in [3.63, 3.8) is 0 Å². The van der Waals surface area contributed by atoms with E-state index in [0.717, 1.165) is 31.2 Å². The molecule has 1 aromatic heterocycles. The number of ether oxygens (including phenoxy) is 1. The lowest BCUT2D eigenvalue weighted by molar-refractivity contribution is -0.159. The smallest absolute Gasteiger partial charge is 0.380 e. The highest BCUT2D eigenvalue weighted by Gasteiger charge is 2.41. The van der Waals surface area contributed by atoms with Crippen molar-refractivity contribution in [1.29, 1.82) is 0 Å². The minimum atomic E-state index is -4.74. The molecule has 1 aromatic carbocycles. The second kappa shape index (κ2) is 7.88. The fourth-order valence-corrected chi connectivity index (χ4v) is 4.53. The van der Waals surface area contributed by atoms with Crippen LogP contribution in [0, 0.1) is 5.92 Å². The first-order valence-corrected chi connectivity index (χ1v) is 10.5. The van der Waals surface area contributed by atoms with Crippen LogP contribution in [0.5, 0.6) is 0 Å². The Morgan fingerprint density at radius 3 is 2.66 bits per heavy atom. The second-order valence-electron chi connectivity index (χ2n) is 8.43. The number of amides is 2. The maximum atomic E-state index is 13.2. The van der Waals surface area contributed by atoms with Gasteiger partial charge in [-0.3, -0.25) is 9.59 Å². The molecule has 32 heavy (non-hydrogen) atoms. The average molecular weight is 450 g/mol. The van der Waals surface area contributed by atoms with Gasteiger partial charge in [0, 0.05) is 23.7 Å². The Morgan fingerprint density at radius 2 is 1.97 bits per heavy atom. The molecule has 8 nitrogen and oxygen atoms in total. The van der Waals surface area contributed by atoms with Gasteiger partial charge < -0.3 is 19.5 Å². The molecule has 1 saturated carbocycles. The van der Waals surface area contributed by atoms with Crippen LogP contribution in [-0.4, -0.2) is 52.2 Å². The molecule has 11 heteroatoms. The van der Waals surface area contributed by atoms with Crippen molar-refractivity contribution in [1.82, 2.24) is 20.4 Å². The van der Waals surface area contributed by atoms with Crippen molar-refractivity contribution in [2.45, 2.75) is 50.5 Å². The molecule has 2 aliphatic heterocycles. The first kappa shape index (κ1) is 20.9. The number of alkyl halides is 3. The van der Waals surface area contributed by atoms with Crippen LogP contribution in [0.4, 0.5) is 13.2 Å². The molecule has 1 aliphatic carbocycles. The van der Waals surface area contributed by atoms with Gasteiger partial charge in [0.05, 0.1) is 25.2 Å². The number of aromatic nitrogens is 2. The summed E-state index contributed by atoms with van der Waals surface area (Å²) >= 11 is 0. The van der Waals surface area contributed by atoms with Crippen molar-refractivity contribution in [2.24, 2.45) is 5.92 Å². The van der Waals surface area contributed by atoms with Crippen molar-refractivity contribution in [2.75, 3.05) is 13.2 Å². The van der Waals surface area contributed by atoms with E-state index >= 15 is 0 Å². The zero-order valence-corrected chi connectivity index (χ0v) is 17.0. The third kappa shape index (κ3) is 3.74. The normalized spacial score (nSPS) is 23.7. The Morgan fingerprint density at radius 1 is 1.19 bits per heavy atom. The van der Waals surface area contributed by atoms with Gasteiger partial charge in [-0.05, 0) is 24.5 Å².